The SMILES string of the molecule is COc1ccccc1OCc1cc2cccc(C(=O)O)c2n1C. The summed E-state index contributed by atoms with van der Waals surface area (Å²) in [7, 11) is 3.44. The number of hydrogen-bond donors (Lipinski definition) is 1. The van der Waals surface area contributed by atoms with E-state index in [0.29, 0.717) is 23.6 Å². The second kappa shape index (κ2) is 6.04. The quantitative estimate of drug-likeness (QED) is 0.784. The molecule has 0 saturated heterocycles. The van der Waals surface area contributed by atoms with Gasteiger partial charge in [-0.15, -0.1) is 0 Å². The molecule has 0 amide bonds. The van der Waals surface area contributed by atoms with Gasteiger partial charge >= 0.3 is 5.97 Å². The van der Waals surface area contributed by atoms with Crippen molar-refractivity contribution in [2.75, 3.05) is 7.11 Å². The van der Waals surface area contributed by atoms with Crippen molar-refractivity contribution in [2.45, 2.75) is 6.61 Å². The highest BCUT2D eigenvalue weighted by Gasteiger charge is 2.14. The zero-order valence-electron chi connectivity index (χ0n) is 12.9. The van der Waals surface area contributed by atoms with Gasteiger partial charge in [-0.05, 0) is 24.3 Å². The zero-order valence-corrected chi connectivity index (χ0v) is 12.9. The number of nitrogens with zero attached hydrogens (tertiary/aromatic N) is 1. The largest absolute Gasteiger partial charge is 0.493 e. The third-order valence-corrected chi connectivity index (χ3v) is 3.83. The molecule has 5 nitrogen and oxygen atoms in total. The van der Waals surface area contributed by atoms with Gasteiger partial charge in [0.1, 0.15) is 6.61 Å². The van der Waals surface area contributed by atoms with Crippen LogP contribution in [0.1, 0.15) is 16.1 Å². The Labute approximate surface area is 133 Å². The Bertz CT molecular complexity index is 867. The Morgan fingerprint density at radius 1 is 1.13 bits per heavy atom. The van der Waals surface area contributed by atoms with E-state index in [0.717, 1.165) is 11.1 Å². The average Bonchev–Trinajstić information content (AvgIpc) is 2.89. The van der Waals surface area contributed by atoms with Crippen molar-refractivity contribution in [2.24, 2.45) is 7.05 Å². The average molecular weight is 311 g/mol. The van der Waals surface area contributed by atoms with E-state index < -0.39 is 5.97 Å². The van der Waals surface area contributed by atoms with E-state index in [9.17, 15) is 9.90 Å². The molecule has 23 heavy (non-hydrogen) atoms. The minimum Gasteiger partial charge on any atom is -0.493 e. The number of benzene rings is 2. The summed E-state index contributed by atoms with van der Waals surface area (Å²) >= 11 is 0. The van der Waals surface area contributed by atoms with Gasteiger partial charge in [0, 0.05) is 12.4 Å². The maximum atomic E-state index is 11.4. The third kappa shape index (κ3) is 2.73. The molecule has 2 aromatic carbocycles. The van der Waals surface area contributed by atoms with Crippen LogP contribution in [0, 0.1) is 0 Å². The van der Waals surface area contributed by atoms with Crippen LogP contribution in [0.3, 0.4) is 0 Å². The van der Waals surface area contributed by atoms with Gasteiger partial charge in [0.15, 0.2) is 11.5 Å². The number of aryl methyl sites for hydroxylation is 1. The fourth-order valence-corrected chi connectivity index (χ4v) is 2.67. The minimum atomic E-state index is -0.936. The van der Waals surface area contributed by atoms with Crippen LogP contribution in [0.4, 0.5) is 0 Å². The van der Waals surface area contributed by atoms with Gasteiger partial charge in [0.25, 0.3) is 0 Å². The Balaban J connectivity index is 1.94. The van der Waals surface area contributed by atoms with E-state index in [2.05, 4.69) is 0 Å². The number of para-hydroxylation sites is 3. The molecule has 1 heterocycles. The highest BCUT2D eigenvalue weighted by atomic mass is 16.5. The number of carbonyl (C=O) groups is 1. The lowest BCUT2D eigenvalue weighted by Crippen LogP contribution is -2.05. The summed E-state index contributed by atoms with van der Waals surface area (Å²) in [5.74, 6) is 0.380. The predicted octanol–water partition coefficient (Wildman–Crippen LogP) is 3.46. The standard InChI is InChI=1S/C18H17NO4/c1-19-13(11-23-16-9-4-3-8-15(16)22-2)10-12-6-5-7-14(17(12)19)18(20)21/h3-10H,11H2,1-2H3,(H,20,21). The molecule has 0 bridgehead atoms. The van der Waals surface area contributed by atoms with Gasteiger partial charge in [0.05, 0.1) is 23.9 Å². The van der Waals surface area contributed by atoms with E-state index in [4.69, 9.17) is 9.47 Å². The van der Waals surface area contributed by atoms with Crippen molar-refractivity contribution in [1.29, 1.82) is 0 Å². The number of aromatic carboxylic acids is 1. The van der Waals surface area contributed by atoms with Crippen LogP contribution in [-0.4, -0.2) is 22.8 Å². The maximum absolute atomic E-state index is 11.4. The normalized spacial score (nSPS) is 10.7. The first kappa shape index (κ1) is 15.0. The lowest BCUT2D eigenvalue weighted by Gasteiger charge is -2.11. The molecule has 0 radical (unpaired) electrons. The van der Waals surface area contributed by atoms with Crippen molar-refractivity contribution in [3.63, 3.8) is 0 Å². The highest BCUT2D eigenvalue weighted by molar-refractivity contribution is 6.02. The van der Waals surface area contributed by atoms with Gasteiger partial charge in [-0.25, -0.2) is 4.79 Å². The second-order valence-electron chi connectivity index (χ2n) is 5.18. The van der Waals surface area contributed by atoms with E-state index in [1.807, 2.05) is 48.0 Å². The van der Waals surface area contributed by atoms with E-state index in [-0.39, 0.29) is 5.56 Å². The molecule has 1 N–H and O–H groups in total. The minimum absolute atomic E-state index is 0.286. The van der Waals surface area contributed by atoms with Gasteiger partial charge in [-0.3, -0.25) is 0 Å². The van der Waals surface area contributed by atoms with Gasteiger partial charge in [0.2, 0.25) is 0 Å². The van der Waals surface area contributed by atoms with Crippen LogP contribution in [0.2, 0.25) is 0 Å². The number of carboxylic acids is 1. The van der Waals surface area contributed by atoms with Gasteiger partial charge in [-0.1, -0.05) is 24.3 Å². The van der Waals surface area contributed by atoms with E-state index in [1.165, 1.54) is 0 Å². The molecule has 5 heteroatoms. The summed E-state index contributed by atoms with van der Waals surface area (Å²) < 4.78 is 13.0. The molecule has 0 atom stereocenters. The molecular formula is C18H17NO4. The van der Waals surface area contributed by atoms with Crippen LogP contribution < -0.4 is 9.47 Å². The Morgan fingerprint density at radius 2 is 1.87 bits per heavy atom. The topological polar surface area (TPSA) is 60.7 Å². The van der Waals surface area contributed by atoms with Crippen LogP contribution in [0.5, 0.6) is 11.5 Å². The summed E-state index contributed by atoms with van der Waals surface area (Å²) in [6, 6.07) is 14.6. The number of carboxylic acid groups (broad SMARTS) is 1. The summed E-state index contributed by atoms with van der Waals surface area (Å²) in [4.78, 5) is 11.4. The second-order valence-corrected chi connectivity index (χ2v) is 5.18. The van der Waals surface area contributed by atoms with Crippen molar-refractivity contribution in [1.82, 2.24) is 4.57 Å². The van der Waals surface area contributed by atoms with E-state index in [1.54, 1.807) is 19.2 Å². The number of hydrogen-bond acceptors (Lipinski definition) is 3. The molecule has 0 spiro atoms. The molecular weight excluding hydrogens is 294 g/mol. The molecule has 0 unspecified atom stereocenters. The number of ether oxygens (including phenoxy) is 2. The molecule has 0 fully saturated rings. The molecule has 0 aliphatic heterocycles. The molecule has 0 saturated carbocycles. The monoisotopic (exact) mass is 311 g/mol. The van der Waals surface area contributed by atoms with Crippen molar-refractivity contribution in [3.05, 3.63) is 59.8 Å². The third-order valence-electron chi connectivity index (χ3n) is 3.83. The fraction of sp³-hybridized carbons (Fsp3) is 0.167. The molecule has 0 aliphatic carbocycles. The van der Waals surface area contributed by atoms with Crippen molar-refractivity contribution >= 4 is 16.9 Å². The highest BCUT2D eigenvalue weighted by Crippen LogP contribution is 2.28. The van der Waals surface area contributed by atoms with Gasteiger partial charge < -0.3 is 19.1 Å². The van der Waals surface area contributed by atoms with Gasteiger partial charge in [-0.2, -0.15) is 0 Å². The lowest BCUT2D eigenvalue weighted by atomic mass is 10.1. The van der Waals surface area contributed by atoms with Crippen LogP contribution >= 0.6 is 0 Å². The molecule has 3 aromatic rings. The first-order chi connectivity index (χ1) is 11.1. The number of rotatable bonds is 5. The lowest BCUT2D eigenvalue weighted by molar-refractivity contribution is 0.0698. The van der Waals surface area contributed by atoms with Crippen molar-refractivity contribution < 1.29 is 19.4 Å². The Hall–Kier alpha value is -2.95. The Morgan fingerprint density at radius 3 is 2.57 bits per heavy atom. The maximum Gasteiger partial charge on any atom is 0.337 e. The zero-order chi connectivity index (χ0) is 16.4. The van der Waals surface area contributed by atoms with Crippen LogP contribution in [0.25, 0.3) is 10.9 Å². The summed E-state index contributed by atoms with van der Waals surface area (Å²) in [5.41, 5.74) is 1.87. The number of fused-ring (bicyclic) bond motifs is 1. The first-order valence-electron chi connectivity index (χ1n) is 7.18. The molecule has 0 aliphatic rings. The summed E-state index contributed by atoms with van der Waals surface area (Å²) in [6.45, 7) is 0.324. The summed E-state index contributed by atoms with van der Waals surface area (Å²) in [6.07, 6.45) is 0. The number of methoxy groups -OCH3 is 1. The molecule has 118 valence electrons. The predicted molar refractivity (Wildman–Crippen MR) is 87.2 cm³/mol. The molecule has 1 aromatic heterocycles. The van der Waals surface area contributed by atoms with Crippen molar-refractivity contribution in [3.8, 4) is 11.5 Å². The summed E-state index contributed by atoms with van der Waals surface area (Å²) in [5, 5.41) is 10.2. The number of aromatic nitrogens is 1. The smallest absolute Gasteiger partial charge is 0.337 e. The fourth-order valence-electron chi connectivity index (χ4n) is 2.67. The Kier molecular flexibility index (Phi) is 3.93. The molecule has 3 rings (SSSR count). The van der Waals surface area contributed by atoms with E-state index >= 15 is 0 Å². The van der Waals surface area contributed by atoms with Crippen LogP contribution in [-0.2, 0) is 13.7 Å². The first-order valence-corrected chi connectivity index (χ1v) is 7.18. The van der Waals surface area contributed by atoms with Crippen LogP contribution in [0.15, 0.2) is 48.5 Å².